The Labute approximate surface area is 122 Å². The Bertz CT molecular complexity index is 551. The van der Waals surface area contributed by atoms with Crippen LogP contribution in [0.25, 0.3) is 0 Å². The molecule has 0 bridgehead atoms. The molecular formula is C15H16ClNOS. The molecule has 100 valence electrons. The molecule has 3 rings (SSSR count). The van der Waals surface area contributed by atoms with Crippen molar-refractivity contribution in [3.05, 3.63) is 51.2 Å². The number of ether oxygens (including phenoxy) is 1. The second kappa shape index (κ2) is 5.95. The first kappa shape index (κ1) is 13.0. The van der Waals surface area contributed by atoms with Gasteiger partial charge in [-0.3, -0.25) is 0 Å². The Kier molecular flexibility index (Phi) is 4.06. The van der Waals surface area contributed by atoms with E-state index in [4.69, 9.17) is 16.3 Å². The molecule has 0 amide bonds. The molecule has 1 aliphatic rings. The van der Waals surface area contributed by atoms with E-state index in [2.05, 4.69) is 17.4 Å². The zero-order valence-corrected chi connectivity index (χ0v) is 12.1. The monoisotopic (exact) mass is 293 g/mol. The number of para-hydroxylation sites is 1. The van der Waals surface area contributed by atoms with Crippen LogP contribution in [0.5, 0.6) is 5.75 Å². The summed E-state index contributed by atoms with van der Waals surface area (Å²) in [5.74, 6) is 0.746. The van der Waals surface area contributed by atoms with Gasteiger partial charge in [0.25, 0.3) is 0 Å². The Hall–Kier alpha value is -1.03. The van der Waals surface area contributed by atoms with Gasteiger partial charge in [-0.15, -0.1) is 11.3 Å². The van der Waals surface area contributed by atoms with Crippen LogP contribution in [0.3, 0.4) is 0 Å². The number of thiophene rings is 1. The lowest BCUT2D eigenvalue weighted by molar-refractivity contribution is 0.310. The molecule has 1 aromatic heterocycles. The molecule has 19 heavy (non-hydrogen) atoms. The van der Waals surface area contributed by atoms with Crippen LogP contribution in [0, 0.1) is 0 Å². The van der Waals surface area contributed by atoms with E-state index in [9.17, 15) is 0 Å². The maximum absolute atomic E-state index is 6.06. The van der Waals surface area contributed by atoms with Crippen molar-refractivity contribution in [3.63, 3.8) is 0 Å². The molecule has 2 nitrogen and oxygen atoms in total. The number of rotatable bonds is 6. The van der Waals surface area contributed by atoms with E-state index in [-0.39, 0.29) is 0 Å². The Morgan fingerprint density at radius 2 is 1.95 bits per heavy atom. The largest absolute Gasteiger partial charge is 0.487 e. The van der Waals surface area contributed by atoms with Crippen LogP contribution < -0.4 is 10.1 Å². The zero-order valence-electron chi connectivity index (χ0n) is 10.6. The van der Waals surface area contributed by atoms with Gasteiger partial charge in [0.15, 0.2) is 0 Å². The predicted octanol–water partition coefficient (Wildman–Crippen LogP) is 4.23. The minimum Gasteiger partial charge on any atom is -0.487 e. The van der Waals surface area contributed by atoms with E-state index in [1.54, 1.807) is 11.3 Å². The molecule has 0 atom stereocenters. The van der Waals surface area contributed by atoms with Crippen molar-refractivity contribution in [2.45, 2.75) is 32.0 Å². The summed E-state index contributed by atoms with van der Waals surface area (Å²) in [5, 5.41) is 4.18. The lowest BCUT2D eigenvalue weighted by Crippen LogP contribution is -2.14. The smallest absolute Gasteiger partial charge is 0.138 e. The van der Waals surface area contributed by atoms with E-state index in [1.807, 2.05) is 24.3 Å². The number of hydrogen-bond donors (Lipinski definition) is 1. The van der Waals surface area contributed by atoms with Crippen LogP contribution in [-0.4, -0.2) is 6.04 Å². The standard InChI is InChI=1S/C15H16ClNOS/c16-14-3-1-2-4-15(14)18-10-13-8-7-12(19-13)9-17-11-5-6-11/h1-4,7-8,11,17H,5-6,9-10H2. The van der Waals surface area contributed by atoms with Gasteiger partial charge in [-0.2, -0.15) is 0 Å². The third kappa shape index (κ3) is 3.72. The van der Waals surface area contributed by atoms with Gasteiger partial charge in [-0.25, -0.2) is 0 Å². The topological polar surface area (TPSA) is 21.3 Å². The number of nitrogens with one attached hydrogen (secondary N) is 1. The average molecular weight is 294 g/mol. The second-order valence-electron chi connectivity index (χ2n) is 4.74. The third-order valence-corrected chi connectivity index (χ3v) is 4.44. The summed E-state index contributed by atoms with van der Waals surface area (Å²) >= 11 is 7.85. The highest BCUT2D eigenvalue weighted by molar-refractivity contribution is 7.11. The maximum Gasteiger partial charge on any atom is 0.138 e. The van der Waals surface area contributed by atoms with E-state index < -0.39 is 0 Å². The molecule has 0 saturated heterocycles. The molecule has 0 spiro atoms. The van der Waals surface area contributed by atoms with Crippen LogP contribution in [0.2, 0.25) is 5.02 Å². The molecule has 0 aliphatic heterocycles. The molecule has 0 radical (unpaired) electrons. The van der Waals surface area contributed by atoms with Crippen molar-refractivity contribution >= 4 is 22.9 Å². The van der Waals surface area contributed by atoms with E-state index in [0.717, 1.165) is 18.3 Å². The lowest BCUT2D eigenvalue weighted by atomic mass is 10.3. The summed E-state index contributed by atoms with van der Waals surface area (Å²) in [5.41, 5.74) is 0. The first-order chi connectivity index (χ1) is 9.31. The van der Waals surface area contributed by atoms with Gasteiger partial charge in [0.05, 0.1) is 5.02 Å². The fourth-order valence-electron chi connectivity index (χ4n) is 1.84. The first-order valence-electron chi connectivity index (χ1n) is 6.49. The highest BCUT2D eigenvalue weighted by Gasteiger charge is 2.20. The van der Waals surface area contributed by atoms with Gasteiger partial charge in [-0.1, -0.05) is 23.7 Å². The third-order valence-electron chi connectivity index (χ3n) is 3.07. The Morgan fingerprint density at radius 3 is 2.74 bits per heavy atom. The van der Waals surface area contributed by atoms with Crippen LogP contribution in [-0.2, 0) is 13.2 Å². The van der Waals surface area contributed by atoms with Gasteiger partial charge in [0.1, 0.15) is 12.4 Å². The minimum atomic E-state index is 0.581. The van der Waals surface area contributed by atoms with Crippen LogP contribution >= 0.6 is 22.9 Å². The fourth-order valence-corrected chi connectivity index (χ4v) is 2.91. The van der Waals surface area contributed by atoms with Crippen LogP contribution in [0.1, 0.15) is 22.6 Å². The van der Waals surface area contributed by atoms with Gasteiger partial charge in [-0.05, 0) is 37.1 Å². The molecule has 1 heterocycles. The molecule has 1 saturated carbocycles. The molecule has 1 N–H and O–H groups in total. The van der Waals surface area contributed by atoms with E-state index in [0.29, 0.717) is 11.6 Å². The van der Waals surface area contributed by atoms with Crippen LogP contribution in [0.15, 0.2) is 36.4 Å². The number of halogens is 1. The summed E-state index contributed by atoms with van der Waals surface area (Å²) in [7, 11) is 0. The van der Waals surface area contributed by atoms with E-state index >= 15 is 0 Å². The average Bonchev–Trinajstić information content (AvgIpc) is 3.14. The Morgan fingerprint density at radius 1 is 1.16 bits per heavy atom. The molecule has 1 aliphatic carbocycles. The minimum absolute atomic E-state index is 0.581. The predicted molar refractivity (Wildman–Crippen MR) is 80.0 cm³/mol. The fraction of sp³-hybridized carbons (Fsp3) is 0.333. The zero-order chi connectivity index (χ0) is 13.1. The van der Waals surface area contributed by atoms with Gasteiger partial charge in [0.2, 0.25) is 0 Å². The molecule has 1 aromatic carbocycles. The molecule has 0 unspecified atom stereocenters. The van der Waals surface area contributed by atoms with Gasteiger partial charge < -0.3 is 10.1 Å². The second-order valence-corrected chi connectivity index (χ2v) is 6.40. The molecule has 1 fully saturated rings. The summed E-state index contributed by atoms with van der Waals surface area (Å²) in [6.45, 7) is 1.55. The number of benzene rings is 1. The summed E-state index contributed by atoms with van der Waals surface area (Å²) in [4.78, 5) is 2.59. The lowest BCUT2D eigenvalue weighted by Gasteiger charge is -2.05. The molecule has 4 heteroatoms. The molecule has 2 aromatic rings. The van der Waals surface area contributed by atoms with Gasteiger partial charge in [0, 0.05) is 22.3 Å². The number of hydrogen-bond acceptors (Lipinski definition) is 3. The first-order valence-corrected chi connectivity index (χ1v) is 7.69. The van der Waals surface area contributed by atoms with Crippen molar-refractivity contribution in [3.8, 4) is 5.75 Å². The SMILES string of the molecule is Clc1ccccc1OCc1ccc(CNC2CC2)s1. The Balaban J connectivity index is 1.53. The maximum atomic E-state index is 6.06. The van der Waals surface area contributed by atoms with Gasteiger partial charge >= 0.3 is 0 Å². The normalized spacial score (nSPS) is 14.6. The summed E-state index contributed by atoms with van der Waals surface area (Å²) < 4.78 is 5.73. The molecular weight excluding hydrogens is 278 g/mol. The highest BCUT2D eigenvalue weighted by Crippen LogP contribution is 2.26. The van der Waals surface area contributed by atoms with Crippen molar-refractivity contribution < 1.29 is 4.74 Å². The summed E-state index contributed by atoms with van der Waals surface area (Å²) in [6.07, 6.45) is 2.65. The summed E-state index contributed by atoms with van der Waals surface area (Å²) in [6, 6.07) is 12.6. The van der Waals surface area contributed by atoms with Crippen molar-refractivity contribution in [2.75, 3.05) is 0 Å². The van der Waals surface area contributed by atoms with Crippen molar-refractivity contribution in [1.29, 1.82) is 0 Å². The van der Waals surface area contributed by atoms with Crippen molar-refractivity contribution in [1.82, 2.24) is 5.32 Å². The van der Waals surface area contributed by atoms with E-state index in [1.165, 1.54) is 22.6 Å². The highest BCUT2D eigenvalue weighted by atomic mass is 35.5. The quantitative estimate of drug-likeness (QED) is 0.860. The van der Waals surface area contributed by atoms with Crippen molar-refractivity contribution in [2.24, 2.45) is 0 Å². The van der Waals surface area contributed by atoms with Crippen LogP contribution in [0.4, 0.5) is 0 Å².